The lowest BCUT2D eigenvalue weighted by atomic mass is 10.4. The maximum Gasteiger partial charge on any atom is 0.228 e. The summed E-state index contributed by atoms with van der Waals surface area (Å²) >= 11 is 0. The van der Waals surface area contributed by atoms with Crippen molar-refractivity contribution in [2.45, 2.75) is 6.42 Å². The van der Waals surface area contributed by atoms with E-state index >= 15 is 0 Å². The van der Waals surface area contributed by atoms with Gasteiger partial charge in [-0.3, -0.25) is 0 Å². The van der Waals surface area contributed by atoms with Gasteiger partial charge in [-0.1, -0.05) is 5.16 Å². The van der Waals surface area contributed by atoms with Crippen LogP contribution in [0.1, 0.15) is 5.89 Å². The average Bonchev–Trinajstić information content (AvgIpc) is 2.74. The zero-order valence-electron chi connectivity index (χ0n) is 7.85. The topological polar surface area (TPSA) is 63.8 Å². The molecule has 0 saturated carbocycles. The highest BCUT2D eigenvalue weighted by atomic mass is 19.1. The second-order valence-electron chi connectivity index (χ2n) is 2.85. The Hall–Kier alpha value is -1.98. The molecule has 6 heteroatoms. The van der Waals surface area contributed by atoms with Gasteiger partial charge >= 0.3 is 0 Å². The van der Waals surface area contributed by atoms with Gasteiger partial charge in [0.15, 0.2) is 18.0 Å². The van der Waals surface area contributed by atoms with Crippen molar-refractivity contribution >= 4 is 5.82 Å². The number of halogens is 1. The molecule has 0 unspecified atom stereocenters. The third-order valence-electron chi connectivity index (χ3n) is 1.80. The van der Waals surface area contributed by atoms with Crippen molar-refractivity contribution < 1.29 is 8.91 Å². The summed E-state index contributed by atoms with van der Waals surface area (Å²) in [4.78, 5) is 7.68. The van der Waals surface area contributed by atoms with Gasteiger partial charge in [0, 0.05) is 19.2 Å². The van der Waals surface area contributed by atoms with Gasteiger partial charge in [0.2, 0.25) is 5.89 Å². The standard InChI is InChI=1S/C9H9FN4O/c10-7-2-1-4-11-9(7)12-5-3-8-13-6-14-15-8/h1-2,4,6H,3,5H2,(H,11,12). The highest BCUT2D eigenvalue weighted by molar-refractivity contribution is 5.35. The van der Waals surface area contributed by atoms with E-state index in [1.807, 2.05) is 0 Å². The highest BCUT2D eigenvalue weighted by Gasteiger charge is 2.02. The summed E-state index contributed by atoms with van der Waals surface area (Å²) in [6.45, 7) is 0.496. The molecule has 2 heterocycles. The number of hydrogen-bond acceptors (Lipinski definition) is 5. The molecule has 2 aromatic rings. The van der Waals surface area contributed by atoms with Gasteiger partial charge < -0.3 is 9.84 Å². The van der Waals surface area contributed by atoms with Crippen LogP contribution in [0.2, 0.25) is 0 Å². The monoisotopic (exact) mass is 208 g/mol. The Morgan fingerprint density at radius 1 is 1.40 bits per heavy atom. The van der Waals surface area contributed by atoms with Gasteiger partial charge in [0.05, 0.1) is 0 Å². The minimum absolute atomic E-state index is 0.233. The van der Waals surface area contributed by atoms with Crippen LogP contribution in [-0.4, -0.2) is 21.7 Å². The summed E-state index contributed by atoms with van der Waals surface area (Å²) in [5, 5.41) is 6.30. The smallest absolute Gasteiger partial charge is 0.228 e. The fraction of sp³-hybridized carbons (Fsp3) is 0.222. The number of rotatable bonds is 4. The molecule has 0 aliphatic carbocycles. The number of aromatic nitrogens is 3. The van der Waals surface area contributed by atoms with E-state index in [2.05, 4.69) is 20.4 Å². The molecular formula is C9H9FN4O. The van der Waals surface area contributed by atoms with Crippen LogP contribution < -0.4 is 5.32 Å². The second-order valence-corrected chi connectivity index (χ2v) is 2.85. The summed E-state index contributed by atoms with van der Waals surface area (Å²) < 4.78 is 17.9. The van der Waals surface area contributed by atoms with E-state index in [0.717, 1.165) is 0 Å². The fourth-order valence-electron chi connectivity index (χ4n) is 1.11. The molecular weight excluding hydrogens is 199 g/mol. The van der Waals surface area contributed by atoms with Crippen LogP contribution in [0, 0.1) is 5.82 Å². The third kappa shape index (κ3) is 2.49. The van der Waals surface area contributed by atoms with Crippen molar-refractivity contribution in [3.8, 4) is 0 Å². The van der Waals surface area contributed by atoms with Crippen molar-refractivity contribution in [1.82, 2.24) is 15.1 Å². The van der Waals surface area contributed by atoms with Crippen LogP contribution >= 0.6 is 0 Å². The van der Waals surface area contributed by atoms with Crippen LogP contribution in [0.4, 0.5) is 10.2 Å². The molecule has 0 aliphatic heterocycles. The second kappa shape index (κ2) is 4.50. The van der Waals surface area contributed by atoms with Crippen molar-refractivity contribution in [2.24, 2.45) is 0 Å². The lowest BCUT2D eigenvalue weighted by Gasteiger charge is -2.03. The van der Waals surface area contributed by atoms with Crippen LogP contribution in [0.5, 0.6) is 0 Å². The molecule has 0 bridgehead atoms. The molecule has 0 aromatic carbocycles. The average molecular weight is 208 g/mol. The summed E-state index contributed by atoms with van der Waals surface area (Å²) in [5.74, 6) is 0.374. The number of pyridine rings is 1. The molecule has 15 heavy (non-hydrogen) atoms. The summed E-state index contributed by atoms with van der Waals surface area (Å²) in [6.07, 6.45) is 3.39. The lowest BCUT2D eigenvalue weighted by Crippen LogP contribution is -2.07. The molecule has 2 aromatic heterocycles. The molecule has 78 valence electrons. The minimum Gasteiger partial charge on any atom is -0.367 e. The Labute approximate surface area is 85.3 Å². The molecule has 0 radical (unpaired) electrons. The Kier molecular flexibility index (Phi) is 2.87. The van der Waals surface area contributed by atoms with Gasteiger partial charge in [0.1, 0.15) is 0 Å². The fourth-order valence-corrected chi connectivity index (χ4v) is 1.11. The first kappa shape index (κ1) is 9.57. The van der Waals surface area contributed by atoms with E-state index < -0.39 is 0 Å². The third-order valence-corrected chi connectivity index (χ3v) is 1.80. The molecule has 2 rings (SSSR count). The normalized spacial score (nSPS) is 10.2. The molecule has 0 amide bonds. The molecule has 5 nitrogen and oxygen atoms in total. The van der Waals surface area contributed by atoms with E-state index in [0.29, 0.717) is 18.9 Å². The van der Waals surface area contributed by atoms with Crippen LogP contribution in [0.25, 0.3) is 0 Å². The van der Waals surface area contributed by atoms with E-state index in [9.17, 15) is 4.39 Å². The SMILES string of the molecule is Fc1cccnc1NCCc1ncno1. The van der Waals surface area contributed by atoms with E-state index in [4.69, 9.17) is 4.52 Å². The Balaban J connectivity index is 1.86. The van der Waals surface area contributed by atoms with Gasteiger partial charge in [-0.25, -0.2) is 9.37 Å². The number of anilines is 1. The largest absolute Gasteiger partial charge is 0.367 e. The Morgan fingerprint density at radius 3 is 3.07 bits per heavy atom. The molecule has 0 atom stereocenters. The van der Waals surface area contributed by atoms with E-state index in [1.165, 1.54) is 18.6 Å². The quantitative estimate of drug-likeness (QED) is 0.819. The van der Waals surface area contributed by atoms with Crippen LogP contribution in [0.15, 0.2) is 29.2 Å². The van der Waals surface area contributed by atoms with Gasteiger partial charge in [0.25, 0.3) is 0 Å². The van der Waals surface area contributed by atoms with Gasteiger partial charge in [-0.2, -0.15) is 4.98 Å². The molecule has 1 N–H and O–H groups in total. The molecule has 0 aliphatic rings. The van der Waals surface area contributed by atoms with Gasteiger partial charge in [-0.15, -0.1) is 0 Å². The van der Waals surface area contributed by atoms with Crippen molar-refractivity contribution in [2.75, 3.05) is 11.9 Å². The lowest BCUT2D eigenvalue weighted by molar-refractivity contribution is 0.379. The van der Waals surface area contributed by atoms with Crippen molar-refractivity contribution in [1.29, 1.82) is 0 Å². The van der Waals surface area contributed by atoms with Crippen LogP contribution in [-0.2, 0) is 6.42 Å². The van der Waals surface area contributed by atoms with Crippen molar-refractivity contribution in [3.05, 3.63) is 36.4 Å². The summed E-state index contributed by atoms with van der Waals surface area (Å²) in [7, 11) is 0. The van der Waals surface area contributed by atoms with E-state index in [1.54, 1.807) is 6.07 Å². The maximum absolute atomic E-state index is 13.1. The molecule has 0 spiro atoms. The predicted octanol–water partition coefficient (Wildman–Crippen LogP) is 1.26. The van der Waals surface area contributed by atoms with Crippen molar-refractivity contribution in [3.63, 3.8) is 0 Å². The summed E-state index contributed by atoms with van der Waals surface area (Å²) in [5.41, 5.74) is 0. The predicted molar refractivity (Wildman–Crippen MR) is 50.7 cm³/mol. The molecule has 0 saturated heterocycles. The van der Waals surface area contributed by atoms with Gasteiger partial charge in [-0.05, 0) is 12.1 Å². The first-order valence-electron chi connectivity index (χ1n) is 4.46. The van der Waals surface area contributed by atoms with Crippen LogP contribution in [0.3, 0.4) is 0 Å². The zero-order chi connectivity index (χ0) is 10.5. The molecule has 0 fully saturated rings. The highest BCUT2D eigenvalue weighted by Crippen LogP contribution is 2.07. The number of nitrogens with zero attached hydrogens (tertiary/aromatic N) is 3. The zero-order valence-corrected chi connectivity index (χ0v) is 7.85. The summed E-state index contributed by atoms with van der Waals surface area (Å²) in [6, 6.07) is 2.89. The minimum atomic E-state index is -0.372. The Bertz CT molecular complexity index is 418. The Morgan fingerprint density at radius 2 is 2.33 bits per heavy atom. The maximum atomic E-state index is 13.1. The number of nitrogens with one attached hydrogen (secondary N) is 1. The number of hydrogen-bond donors (Lipinski definition) is 1. The first-order valence-corrected chi connectivity index (χ1v) is 4.46. The van der Waals surface area contributed by atoms with E-state index in [-0.39, 0.29) is 11.6 Å². The first-order chi connectivity index (χ1) is 7.36.